The quantitative estimate of drug-likeness (QED) is 0.324. The highest BCUT2D eigenvalue weighted by Gasteiger charge is 2.27. The molecule has 0 spiro atoms. The Labute approximate surface area is 215 Å². The Morgan fingerprint density at radius 1 is 1.20 bits per heavy atom. The lowest BCUT2D eigenvalue weighted by Crippen LogP contribution is -2.42. The minimum absolute atomic E-state index is 0.0944. The van der Waals surface area contributed by atoms with Gasteiger partial charge >= 0.3 is 0 Å². The Morgan fingerprint density at radius 3 is 2.80 bits per heavy atom. The van der Waals surface area contributed by atoms with Crippen LogP contribution in [0.3, 0.4) is 0 Å². The van der Waals surface area contributed by atoms with Gasteiger partial charge in [-0.05, 0) is 37.0 Å². The Bertz CT molecular complexity index is 1390. The van der Waals surface area contributed by atoms with Crippen molar-refractivity contribution in [2.24, 2.45) is 5.92 Å². The molecule has 0 radical (unpaired) electrons. The minimum atomic E-state index is -0.559. The summed E-state index contributed by atoms with van der Waals surface area (Å²) in [6.07, 6.45) is 6.10. The van der Waals surface area contributed by atoms with Gasteiger partial charge in [0.05, 0.1) is 26.8 Å². The Morgan fingerprint density at radius 2 is 2.00 bits per heavy atom. The van der Waals surface area contributed by atoms with Crippen LogP contribution in [-0.4, -0.2) is 50.4 Å². The first-order valence-electron chi connectivity index (χ1n) is 11.0. The second-order valence-electron chi connectivity index (χ2n) is 8.38. The van der Waals surface area contributed by atoms with Gasteiger partial charge in [-0.25, -0.2) is 19.3 Å². The lowest BCUT2D eigenvalue weighted by molar-refractivity contribution is 0.0680. The Hall–Kier alpha value is -2.94. The van der Waals surface area contributed by atoms with Crippen molar-refractivity contribution in [3.63, 3.8) is 0 Å². The third-order valence-electron chi connectivity index (χ3n) is 6.02. The maximum atomic E-state index is 14.5. The number of likely N-dealkylation sites (tertiary alicyclic amines) is 1. The Balaban J connectivity index is 1.30. The first-order valence-corrected chi connectivity index (χ1v) is 12.2. The SMILES string of the molecule is O=C(c1c(Cl)cccc1Cl)N1CCC[C@H](CNc2nc(-c3c[nH]c4ncc(Cl)cc34)ncc2F)C1. The highest BCUT2D eigenvalue weighted by atomic mass is 35.5. The van der Waals surface area contributed by atoms with Gasteiger partial charge in [0.25, 0.3) is 5.91 Å². The van der Waals surface area contributed by atoms with Gasteiger partial charge in [-0.2, -0.15) is 0 Å². The largest absolute Gasteiger partial charge is 0.367 e. The third-order valence-corrected chi connectivity index (χ3v) is 6.86. The number of benzene rings is 1. The molecule has 1 aromatic carbocycles. The molecular weight excluding hydrogens is 514 g/mol. The van der Waals surface area contributed by atoms with Gasteiger partial charge in [0.15, 0.2) is 17.5 Å². The fourth-order valence-corrected chi connectivity index (χ4v) is 5.02. The molecule has 3 aromatic heterocycles. The average Bonchev–Trinajstić information content (AvgIpc) is 3.26. The highest BCUT2D eigenvalue weighted by molar-refractivity contribution is 6.39. The van der Waals surface area contributed by atoms with Crippen LogP contribution in [-0.2, 0) is 0 Å². The van der Waals surface area contributed by atoms with Crippen molar-refractivity contribution in [1.29, 1.82) is 0 Å². The first-order chi connectivity index (χ1) is 16.9. The number of H-pyrrole nitrogens is 1. The molecule has 1 atom stereocenters. The molecule has 7 nitrogen and oxygen atoms in total. The molecule has 1 aliphatic heterocycles. The van der Waals surface area contributed by atoms with Crippen molar-refractivity contribution in [3.8, 4) is 11.4 Å². The lowest BCUT2D eigenvalue weighted by Gasteiger charge is -2.33. The number of halogens is 4. The fourth-order valence-electron chi connectivity index (χ4n) is 4.30. The van der Waals surface area contributed by atoms with E-state index in [1.165, 1.54) is 0 Å². The number of aromatic nitrogens is 4. The number of aromatic amines is 1. The number of hydrogen-bond donors (Lipinski definition) is 2. The molecule has 1 fully saturated rings. The molecule has 0 bridgehead atoms. The summed E-state index contributed by atoms with van der Waals surface area (Å²) in [5.41, 5.74) is 1.62. The number of fused-ring (bicyclic) bond motifs is 1. The zero-order chi connectivity index (χ0) is 24.5. The van der Waals surface area contributed by atoms with Crippen molar-refractivity contribution in [2.45, 2.75) is 12.8 Å². The Kier molecular flexibility index (Phi) is 6.77. The number of pyridine rings is 1. The van der Waals surface area contributed by atoms with Crippen molar-refractivity contribution >= 4 is 57.6 Å². The molecule has 0 aliphatic carbocycles. The number of hydrogen-bond acceptors (Lipinski definition) is 5. The number of amides is 1. The van der Waals surface area contributed by atoms with E-state index in [1.54, 1.807) is 41.6 Å². The van der Waals surface area contributed by atoms with E-state index in [0.717, 1.165) is 24.4 Å². The second kappa shape index (κ2) is 9.97. The van der Waals surface area contributed by atoms with Crippen LogP contribution in [0.5, 0.6) is 0 Å². The molecule has 0 saturated carbocycles. The maximum Gasteiger partial charge on any atom is 0.256 e. The van der Waals surface area contributed by atoms with E-state index in [-0.39, 0.29) is 17.6 Å². The van der Waals surface area contributed by atoms with E-state index in [9.17, 15) is 9.18 Å². The number of nitrogens with zero attached hydrogens (tertiary/aromatic N) is 4. The van der Waals surface area contributed by atoms with Gasteiger partial charge in [0.1, 0.15) is 5.65 Å². The molecule has 180 valence electrons. The van der Waals surface area contributed by atoms with Crippen LogP contribution in [0.15, 0.2) is 42.9 Å². The molecule has 11 heteroatoms. The maximum absolute atomic E-state index is 14.5. The summed E-state index contributed by atoms with van der Waals surface area (Å²) < 4.78 is 14.5. The van der Waals surface area contributed by atoms with Crippen LogP contribution < -0.4 is 5.32 Å². The third kappa shape index (κ3) is 4.91. The number of nitrogens with one attached hydrogen (secondary N) is 2. The number of carbonyl (C=O) groups is 1. The monoisotopic (exact) mass is 532 g/mol. The van der Waals surface area contributed by atoms with Gasteiger partial charge in [-0.1, -0.05) is 40.9 Å². The van der Waals surface area contributed by atoms with Crippen molar-refractivity contribution in [3.05, 3.63) is 69.3 Å². The highest BCUT2D eigenvalue weighted by Crippen LogP contribution is 2.30. The molecule has 0 unspecified atom stereocenters. The normalized spacial score (nSPS) is 16.0. The van der Waals surface area contributed by atoms with Crippen molar-refractivity contribution in [2.75, 3.05) is 25.0 Å². The predicted molar refractivity (Wildman–Crippen MR) is 136 cm³/mol. The minimum Gasteiger partial charge on any atom is -0.367 e. The van der Waals surface area contributed by atoms with E-state index in [1.807, 2.05) is 0 Å². The van der Waals surface area contributed by atoms with E-state index >= 15 is 0 Å². The van der Waals surface area contributed by atoms with Gasteiger partial charge in [-0.15, -0.1) is 0 Å². The number of piperidine rings is 1. The summed E-state index contributed by atoms with van der Waals surface area (Å²) in [6, 6.07) is 6.76. The smallest absolute Gasteiger partial charge is 0.256 e. The summed E-state index contributed by atoms with van der Waals surface area (Å²) >= 11 is 18.5. The fraction of sp³-hybridized carbons (Fsp3) is 0.250. The lowest BCUT2D eigenvalue weighted by atomic mass is 9.97. The summed E-state index contributed by atoms with van der Waals surface area (Å²) in [4.78, 5) is 30.6. The van der Waals surface area contributed by atoms with Gasteiger partial charge < -0.3 is 15.2 Å². The molecule has 5 rings (SSSR count). The summed E-state index contributed by atoms with van der Waals surface area (Å²) in [7, 11) is 0. The van der Waals surface area contributed by atoms with E-state index in [0.29, 0.717) is 57.3 Å². The molecular formula is C24H20Cl3FN6O. The second-order valence-corrected chi connectivity index (χ2v) is 9.63. The number of carbonyl (C=O) groups excluding carboxylic acids is 1. The first kappa shape index (κ1) is 23.8. The zero-order valence-electron chi connectivity index (χ0n) is 18.4. The van der Waals surface area contributed by atoms with Crippen LogP contribution in [0.25, 0.3) is 22.4 Å². The molecule has 1 aliphatic rings. The molecule has 4 aromatic rings. The summed E-state index contributed by atoms with van der Waals surface area (Å²) in [5, 5.41) is 4.98. The van der Waals surface area contributed by atoms with Crippen molar-refractivity contribution in [1.82, 2.24) is 24.8 Å². The molecule has 1 saturated heterocycles. The number of rotatable bonds is 5. The van der Waals surface area contributed by atoms with Crippen LogP contribution in [0.4, 0.5) is 10.2 Å². The predicted octanol–water partition coefficient (Wildman–Crippen LogP) is 6.08. The number of anilines is 1. The topological polar surface area (TPSA) is 86.8 Å². The standard InChI is InChI=1S/C24H20Cl3FN6O/c25-14-7-15-16(10-31-21(15)30-9-14)22-32-11-19(28)23(33-22)29-8-13-3-2-6-34(12-13)24(35)20-17(26)4-1-5-18(20)27/h1,4-5,7,9-11,13H,2-3,6,8,12H2,(H,30,31)(H,29,32,33)/t13-/m1/s1. The summed E-state index contributed by atoms with van der Waals surface area (Å²) in [5.74, 6) is -0.221. The van der Waals surface area contributed by atoms with Crippen LogP contribution in [0.1, 0.15) is 23.2 Å². The molecule has 4 heterocycles. The molecule has 35 heavy (non-hydrogen) atoms. The van der Waals surface area contributed by atoms with Crippen LogP contribution in [0.2, 0.25) is 15.1 Å². The van der Waals surface area contributed by atoms with Gasteiger partial charge in [0.2, 0.25) is 0 Å². The van der Waals surface area contributed by atoms with Gasteiger partial charge in [-0.3, -0.25) is 4.79 Å². The van der Waals surface area contributed by atoms with E-state index in [4.69, 9.17) is 34.8 Å². The van der Waals surface area contributed by atoms with Gasteiger partial charge in [0, 0.05) is 43.0 Å². The molecule has 2 N–H and O–H groups in total. The van der Waals surface area contributed by atoms with Crippen LogP contribution in [0, 0.1) is 11.7 Å². The van der Waals surface area contributed by atoms with E-state index < -0.39 is 5.82 Å². The summed E-state index contributed by atoms with van der Waals surface area (Å²) in [6.45, 7) is 1.55. The zero-order valence-corrected chi connectivity index (χ0v) is 20.6. The molecule has 1 amide bonds. The van der Waals surface area contributed by atoms with Crippen molar-refractivity contribution < 1.29 is 9.18 Å². The van der Waals surface area contributed by atoms with Crippen LogP contribution >= 0.6 is 34.8 Å². The average molecular weight is 534 g/mol. The van der Waals surface area contributed by atoms with E-state index in [2.05, 4.69) is 25.3 Å².